The molecular weight excluding hydrogens is 210 g/mol. The first kappa shape index (κ1) is 9.87. The highest BCUT2D eigenvalue weighted by molar-refractivity contribution is 6.29. The topological polar surface area (TPSA) is 30.0 Å². The van der Waals surface area contributed by atoms with Gasteiger partial charge in [-0.3, -0.25) is 4.79 Å². The predicted molar refractivity (Wildman–Crippen MR) is 60.1 cm³/mol. The molecule has 0 amide bonds. The van der Waals surface area contributed by atoms with Crippen molar-refractivity contribution < 1.29 is 4.79 Å². The fraction of sp³-hybridized carbons (Fsp3) is 0. The van der Waals surface area contributed by atoms with E-state index in [0.29, 0.717) is 10.7 Å². The average molecular weight is 218 g/mol. The van der Waals surface area contributed by atoms with Crippen molar-refractivity contribution in [3.05, 3.63) is 53.2 Å². The number of nitrogens with zero attached hydrogens (tertiary/aromatic N) is 1. The van der Waals surface area contributed by atoms with Gasteiger partial charge < -0.3 is 0 Å². The van der Waals surface area contributed by atoms with Gasteiger partial charge in [-0.2, -0.15) is 0 Å². The van der Waals surface area contributed by atoms with Gasteiger partial charge in [-0.1, -0.05) is 41.9 Å². The Morgan fingerprint density at radius 1 is 1.07 bits per heavy atom. The van der Waals surface area contributed by atoms with Crippen LogP contribution >= 0.6 is 11.6 Å². The van der Waals surface area contributed by atoms with Crippen molar-refractivity contribution in [2.24, 2.45) is 0 Å². The maximum Gasteiger partial charge on any atom is 0.150 e. The van der Waals surface area contributed by atoms with Crippen LogP contribution in [0.2, 0.25) is 5.15 Å². The summed E-state index contributed by atoms with van der Waals surface area (Å²) in [7, 11) is 0. The summed E-state index contributed by atoms with van der Waals surface area (Å²) in [6, 6.07) is 12.7. The molecule has 0 bridgehead atoms. The van der Waals surface area contributed by atoms with Crippen LogP contribution in [0.1, 0.15) is 10.4 Å². The van der Waals surface area contributed by atoms with Crippen LogP contribution in [-0.2, 0) is 0 Å². The highest BCUT2D eigenvalue weighted by Gasteiger charge is 1.99. The molecule has 0 spiro atoms. The highest BCUT2D eigenvalue weighted by atomic mass is 35.5. The van der Waals surface area contributed by atoms with Gasteiger partial charge in [-0.25, -0.2) is 4.98 Å². The molecule has 1 aromatic heterocycles. The number of aromatic nitrogens is 1. The SMILES string of the molecule is O=Cc1ccc(-c2cccc(Cl)n2)cc1. The molecule has 74 valence electrons. The quantitative estimate of drug-likeness (QED) is 0.571. The lowest BCUT2D eigenvalue weighted by molar-refractivity contribution is 0.112. The Labute approximate surface area is 92.5 Å². The number of rotatable bonds is 2. The van der Waals surface area contributed by atoms with Crippen LogP contribution in [0, 0.1) is 0 Å². The second-order valence-corrected chi connectivity index (χ2v) is 3.47. The number of benzene rings is 1. The minimum absolute atomic E-state index is 0.465. The summed E-state index contributed by atoms with van der Waals surface area (Å²) < 4.78 is 0. The molecule has 0 unspecified atom stereocenters. The summed E-state index contributed by atoms with van der Waals surface area (Å²) in [4.78, 5) is 14.6. The molecule has 0 saturated carbocycles. The lowest BCUT2D eigenvalue weighted by atomic mass is 10.1. The molecule has 3 heteroatoms. The first-order chi connectivity index (χ1) is 7.29. The second kappa shape index (κ2) is 4.24. The Hall–Kier alpha value is -1.67. The van der Waals surface area contributed by atoms with Crippen LogP contribution in [0.4, 0.5) is 0 Å². The Kier molecular flexibility index (Phi) is 2.79. The average Bonchev–Trinajstić information content (AvgIpc) is 2.29. The summed E-state index contributed by atoms with van der Waals surface area (Å²) in [6.07, 6.45) is 0.815. The van der Waals surface area contributed by atoms with Crippen molar-refractivity contribution >= 4 is 17.9 Å². The predicted octanol–water partition coefficient (Wildman–Crippen LogP) is 3.21. The van der Waals surface area contributed by atoms with E-state index < -0.39 is 0 Å². The first-order valence-electron chi connectivity index (χ1n) is 4.48. The van der Waals surface area contributed by atoms with Gasteiger partial charge >= 0.3 is 0 Å². The van der Waals surface area contributed by atoms with E-state index in [1.807, 2.05) is 24.3 Å². The Morgan fingerprint density at radius 2 is 1.80 bits per heavy atom. The van der Waals surface area contributed by atoms with Crippen LogP contribution in [0.5, 0.6) is 0 Å². The van der Waals surface area contributed by atoms with Crippen LogP contribution < -0.4 is 0 Å². The third-order valence-corrected chi connectivity index (χ3v) is 2.27. The number of hydrogen-bond donors (Lipinski definition) is 0. The molecule has 0 saturated heterocycles. The fourth-order valence-corrected chi connectivity index (χ4v) is 1.47. The summed E-state index contributed by atoms with van der Waals surface area (Å²) in [5.41, 5.74) is 2.41. The number of pyridine rings is 1. The Balaban J connectivity index is 2.41. The molecule has 2 rings (SSSR count). The summed E-state index contributed by atoms with van der Waals surface area (Å²) in [5, 5.41) is 0.465. The van der Waals surface area contributed by atoms with Crippen LogP contribution in [0.15, 0.2) is 42.5 Å². The number of hydrogen-bond acceptors (Lipinski definition) is 2. The summed E-state index contributed by atoms with van der Waals surface area (Å²) >= 11 is 5.79. The maximum absolute atomic E-state index is 10.5. The van der Waals surface area contributed by atoms with E-state index in [2.05, 4.69) is 4.98 Å². The molecular formula is C12H8ClNO. The molecule has 15 heavy (non-hydrogen) atoms. The van der Waals surface area contributed by atoms with E-state index in [-0.39, 0.29) is 0 Å². The van der Waals surface area contributed by atoms with Gasteiger partial charge in [0.15, 0.2) is 0 Å². The molecule has 2 nitrogen and oxygen atoms in total. The Morgan fingerprint density at radius 3 is 2.40 bits per heavy atom. The van der Waals surface area contributed by atoms with Gasteiger partial charge in [0.1, 0.15) is 11.4 Å². The zero-order chi connectivity index (χ0) is 10.7. The minimum Gasteiger partial charge on any atom is -0.298 e. The van der Waals surface area contributed by atoms with Gasteiger partial charge in [-0.15, -0.1) is 0 Å². The largest absolute Gasteiger partial charge is 0.298 e. The molecule has 0 aliphatic heterocycles. The van der Waals surface area contributed by atoms with Gasteiger partial charge in [0, 0.05) is 11.1 Å². The number of carbonyl (C=O) groups is 1. The van der Waals surface area contributed by atoms with Crippen LogP contribution in [0.3, 0.4) is 0 Å². The van der Waals surface area contributed by atoms with Gasteiger partial charge in [0.2, 0.25) is 0 Å². The van der Waals surface area contributed by atoms with E-state index in [1.54, 1.807) is 18.2 Å². The first-order valence-corrected chi connectivity index (χ1v) is 4.85. The summed E-state index contributed by atoms with van der Waals surface area (Å²) in [6.45, 7) is 0. The molecule has 1 aromatic carbocycles. The van der Waals surface area contributed by atoms with Crippen molar-refractivity contribution in [1.82, 2.24) is 4.98 Å². The molecule has 0 fully saturated rings. The summed E-state index contributed by atoms with van der Waals surface area (Å²) in [5.74, 6) is 0. The molecule has 0 atom stereocenters. The van der Waals surface area contributed by atoms with E-state index in [0.717, 1.165) is 17.5 Å². The van der Waals surface area contributed by atoms with Crippen LogP contribution in [-0.4, -0.2) is 11.3 Å². The van der Waals surface area contributed by atoms with E-state index in [4.69, 9.17) is 11.6 Å². The monoisotopic (exact) mass is 217 g/mol. The molecule has 0 aliphatic rings. The van der Waals surface area contributed by atoms with Gasteiger partial charge in [0.05, 0.1) is 5.69 Å². The van der Waals surface area contributed by atoms with Gasteiger partial charge in [-0.05, 0) is 12.1 Å². The van der Waals surface area contributed by atoms with Crippen molar-refractivity contribution in [2.75, 3.05) is 0 Å². The molecule has 0 N–H and O–H groups in total. The maximum atomic E-state index is 10.5. The molecule has 0 aliphatic carbocycles. The highest BCUT2D eigenvalue weighted by Crippen LogP contribution is 2.18. The van der Waals surface area contributed by atoms with Crippen LogP contribution in [0.25, 0.3) is 11.3 Å². The second-order valence-electron chi connectivity index (χ2n) is 3.09. The third-order valence-electron chi connectivity index (χ3n) is 2.06. The third kappa shape index (κ3) is 2.22. The van der Waals surface area contributed by atoms with E-state index in [1.165, 1.54) is 0 Å². The fourth-order valence-electron chi connectivity index (χ4n) is 1.30. The molecule has 0 radical (unpaired) electrons. The Bertz CT molecular complexity index is 479. The van der Waals surface area contributed by atoms with Crippen molar-refractivity contribution in [3.63, 3.8) is 0 Å². The van der Waals surface area contributed by atoms with Crippen molar-refractivity contribution in [3.8, 4) is 11.3 Å². The molecule has 1 heterocycles. The van der Waals surface area contributed by atoms with Crippen molar-refractivity contribution in [1.29, 1.82) is 0 Å². The standard InChI is InChI=1S/C12H8ClNO/c13-12-3-1-2-11(14-12)10-6-4-9(8-15)5-7-10/h1-8H. The minimum atomic E-state index is 0.465. The number of halogens is 1. The zero-order valence-electron chi connectivity index (χ0n) is 7.85. The number of aldehydes is 1. The van der Waals surface area contributed by atoms with E-state index in [9.17, 15) is 4.79 Å². The van der Waals surface area contributed by atoms with Crippen molar-refractivity contribution in [2.45, 2.75) is 0 Å². The van der Waals surface area contributed by atoms with E-state index >= 15 is 0 Å². The normalized spacial score (nSPS) is 9.93. The lowest BCUT2D eigenvalue weighted by Gasteiger charge is -2.00. The molecule has 2 aromatic rings. The van der Waals surface area contributed by atoms with Gasteiger partial charge in [0.25, 0.3) is 0 Å². The number of carbonyl (C=O) groups excluding carboxylic acids is 1. The lowest BCUT2D eigenvalue weighted by Crippen LogP contribution is -1.84. The smallest absolute Gasteiger partial charge is 0.150 e. The zero-order valence-corrected chi connectivity index (χ0v) is 8.61.